The molecule has 0 radical (unpaired) electrons. The first-order valence-corrected chi connectivity index (χ1v) is 10.2. The fourth-order valence-electron chi connectivity index (χ4n) is 2.43. The van der Waals surface area contributed by atoms with Gasteiger partial charge in [0.1, 0.15) is 11.2 Å². The third-order valence-corrected chi connectivity index (χ3v) is 4.97. The quantitative estimate of drug-likeness (QED) is 0.499. The van der Waals surface area contributed by atoms with E-state index in [1.54, 1.807) is 13.8 Å². The second-order valence-electron chi connectivity index (χ2n) is 7.13. The summed E-state index contributed by atoms with van der Waals surface area (Å²) in [5.74, 6) is 12.1. The van der Waals surface area contributed by atoms with Crippen LogP contribution >= 0.6 is 11.3 Å². The van der Waals surface area contributed by atoms with Gasteiger partial charge < -0.3 is 10.2 Å². The third kappa shape index (κ3) is 9.71. The van der Waals surface area contributed by atoms with E-state index < -0.39 is 11.2 Å². The van der Waals surface area contributed by atoms with Crippen LogP contribution in [0.25, 0.3) is 0 Å². The van der Waals surface area contributed by atoms with Crippen molar-refractivity contribution in [2.45, 2.75) is 90.3 Å². The lowest BCUT2D eigenvalue weighted by molar-refractivity contribution is 0.108. The molecule has 0 saturated carbocycles. The molecule has 0 aliphatic rings. The lowest BCUT2D eigenvalue weighted by atomic mass is 9.99. The predicted molar refractivity (Wildman–Crippen MR) is 108 cm³/mol. The van der Waals surface area contributed by atoms with Crippen LogP contribution in [0.15, 0.2) is 12.1 Å². The van der Waals surface area contributed by atoms with E-state index in [2.05, 4.69) is 37.5 Å². The molecule has 2 nitrogen and oxygen atoms in total. The summed E-state index contributed by atoms with van der Waals surface area (Å²) in [5.41, 5.74) is -1.87. The minimum absolute atomic E-state index is 0.701. The van der Waals surface area contributed by atoms with Crippen LogP contribution in [0.4, 0.5) is 0 Å². The fourth-order valence-corrected chi connectivity index (χ4v) is 3.14. The SMILES string of the molecule is CCCCCC(C)(O)C#Cc1ccc(C#CC(C)(O)CCCCC)s1. The van der Waals surface area contributed by atoms with Crippen LogP contribution in [-0.4, -0.2) is 21.4 Å². The van der Waals surface area contributed by atoms with E-state index in [1.807, 2.05) is 12.1 Å². The summed E-state index contributed by atoms with van der Waals surface area (Å²) >= 11 is 1.50. The van der Waals surface area contributed by atoms with Gasteiger partial charge in [-0.05, 0) is 51.7 Å². The standard InChI is InChI=1S/C22H32O2S/c1-5-7-9-15-21(3,23)17-13-19-11-12-20(25-19)14-18-22(4,24)16-10-8-6-2/h11-12,23-24H,5-10,15-16H2,1-4H3. The van der Waals surface area contributed by atoms with E-state index in [0.717, 1.165) is 48.3 Å². The molecule has 0 saturated heterocycles. The average molecular weight is 361 g/mol. The summed E-state index contributed by atoms with van der Waals surface area (Å²) in [6.07, 6.45) is 7.90. The predicted octanol–water partition coefficient (Wildman–Crippen LogP) is 5.11. The topological polar surface area (TPSA) is 40.5 Å². The summed E-state index contributed by atoms with van der Waals surface area (Å²) in [5, 5.41) is 20.6. The van der Waals surface area contributed by atoms with E-state index in [9.17, 15) is 10.2 Å². The summed E-state index contributed by atoms with van der Waals surface area (Å²) < 4.78 is 0. The number of unbranched alkanes of at least 4 members (excludes halogenated alkanes) is 4. The third-order valence-electron chi connectivity index (χ3n) is 4.05. The molecule has 138 valence electrons. The molecule has 0 spiro atoms. The Hall–Kier alpha value is -1.26. The van der Waals surface area contributed by atoms with Gasteiger partial charge in [-0.15, -0.1) is 11.3 Å². The number of hydrogen-bond donors (Lipinski definition) is 2. The number of hydrogen-bond acceptors (Lipinski definition) is 3. The lowest BCUT2D eigenvalue weighted by Crippen LogP contribution is -2.21. The minimum Gasteiger partial charge on any atom is -0.378 e. The van der Waals surface area contributed by atoms with Gasteiger partial charge in [0.25, 0.3) is 0 Å². The van der Waals surface area contributed by atoms with Gasteiger partial charge in [-0.1, -0.05) is 63.2 Å². The van der Waals surface area contributed by atoms with Crippen molar-refractivity contribution in [3.05, 3.63) is 21.9 Å². The van der Waals surface area contributed by atoms with Crippen LogP contribution in [-0.2, 0) is 0 Å². The Kier molecular flexibility index (Phi) is 9.30. The zero-order chi connectivity index (χ0) is 18.8. The second kappa shape index (κ2) is 10.7. The number of aliphatic hydroxyl groups is 2. The van der Waals surface area contributed by atoms with Gasteiger partial charge >= 0.3 is 0 Å². The van der Waals surface area contributed by atoms with Crippen molar-refractivity contribution in [3.8, 4) is 23.7 Å². The van der Waals surface area contributed by atoms with Crippen LogP contribution < -0.4 is 0 Å². The van der Waals surface area contributed by atoms with Crippen LogP contribution in [0.1, 0.15) is 88.8 Å². The van der Waals surface area contributed by atoms with Gasteiger partial charge in [-0.2, -0.15) is 0 Å². The largest absolute Gasteiger partial charge is 0.378 e. The minimum atomic E-state index is -0.937. The summed E-state index contributed by atoms with van der Waals surface area (Å²) in [4.78, 5) is 1.79. The molecule has 0 bridgehead atoms. The number of rotatable bonds is 8. The molecule has 2 unspecified atom stereocenters. The first kappa shape index (κ1) is 21.8. The van der Waals surface area contributed by atoms with Gasteiger partial charge in [0.2, 0.25) is 0 Å². The van der Waals surface area contributed by atoms with Gasteiger partial charge in [0, 0.05) is 0 Å². The zero-order valence-corrected chi connectivity index (χ0v) is 16.9. The molecular formula is C22H32O2S. The first-order chi connectivity index (χ1) is 11.8. The Morgan fingerprint density at radius 2 is 1.20 bits per heavy atom. The normalized spacial score (nSPS) is 15.3. The molecule has 25 heavy (non-hydrogen) atoms. The molecular weight excluding hydrogens is 328 g/mol. The van der Waals surface area contributed by atoms with Crippen molar-refractivity contribution in [2.75, 3.05) is 0 Å². The van der Waals surface area contributed by atoms with Crippen molar-refractivity contribution < 1.29 is 10.2 Å². The maximum Gasteiger partial charge on any atom is 0.123 e. The number of thiophene rings is 1. The lowest BCUT2D eigenvalue weighted by Gasteiger charge is -2.15. The molecule has 2 N–H and O–H groups in total. The molecule has 0 aliphatic heterocycles. The molecule has 0 fully saturated rings. The van der Waals surface area contributed by atoms with Crippen molar-refractivity contribution in [2.24, 2.45) is 0 Å². The van der Waals surface area contributed by atoms with Gasteiger partial charge in [0.15, 0.2) is 0 Å². The molecule has 3 heteroatoms. The first-order valence-electron chi connectivity index (χ1n) is 9.39. The Morgan fingerprint density at radius 3 is 1.56 bits per heavy atom. The van der Waals surface area contributed by atoms with Crippen molar-refractivity contribution in [1.29, 1.82) is 0 Å². The summed E-state index contributed by atoms with van der Waals surface area (Å²) in [6.45, 7) is 7.85. The smallest absolute Gasteiger partial charge is 0.123 e. The Labute approximate surface area is 157 Å². The second-order valence-corrected chi connectivity index (χ2v) is 8.21. The highest BCUT2D eigenvalue weighted by atomic mass is 32.1. The van der Waals surface area contributed by atoms with Crippen molar-refractivity contribution >= 4 is 11.3 Å². The Morgan fingerprint density at radius 1 is 0.800 bits per heavy atom. The van der Waals surface area contributed by atoms with Gasteiger partial charge in [-0.3, -0.25) is 0 Å². The monoisotopic (exact) mass is 360 g/mol. The zero-order valence-electron chi connectivity index (χ0n) is 16.1. The van der Waals surface area contributed by atoms with Crippen LogP contribution in [0.3, 0.4) is 0 Å². The average Bonchev–Trinajstić information content (AvgIpc) is 3.00. The maximum atomic E-state index is 10.3. The Bertz CT molecular complexity index is 578. The summed E-state index contributed by atoms with van der Waals surface area (Å²) in [7, 11) is 0. The molecule has 1 heterocycles. The van der Waals surface area contributed by atoms with Crippen molar-refractivity contribution in [1.82, 2.24) is 0 Å². The maximum absolute atomic E-state index is 10.3. The van der Waals surface area contributed by atoms with Crippen LogP contribution in [0.5, 0.6) is 0 Å². The fraction of sp³-hybridized carbons (Fsp3) is 0.636. The molecule has 0 aromatic carbocycles. The molecule has 1 rings (SSSR count). The molecule has 2 atom stereocenters. The highest BCUT2D eigenvalue weighted by molar-refractivity contribution is 7.13. The van der Waals surface area contributed by atoms with Gasteiger partial charge in [0.05, 0.1) is 9.75 Å². The van der Waals surface area contributed by atoms with E-state index in [4.69, 9.17) is 0 Å². The van der Waals surface area contributed by atoms with E-state index in [1.165, 1.54) is 11.3 Å². The van der Waals surface area contributed by atoms with Crippen LogP contribution in [0, 0.1) is 23.7 Å². The molecule has 1 aromatic heterocycles. The summed E-state index contributed by atoms with van der Waals surface area (Å²) in [6, 6.07) is 3.85. The Balaban J connectivity index is 2.66. The van der Waals surface area contributed by atoms with E-state index in [-0.39, 0.29) is 0 Å². The van der Waals surface area contributed by atoms with E-state index in [0.29, 0.717) is 12.8 Å². The van der Waals surface area contributed by atoms with Crippen LogP contribution in [0.2, 0.25) is 0 Å². The van der Waals surface area contributed by atoms with E-state index >= 15 is 0 Å². The van der Waals surface area contributed by atoms with Crippen molar-refractivity contribution in [3.63, 3.8) is 0 Å². The highest BCUT2D eigenvalue weighted by Gasteiger charge is 2.16. The highest BCUT2D eigenvalue weighted by Crippen LogP contribution is 2.18. The molecule has 1 aromatic rings. The molecule has 0 amide bonds. The van der Waals surface area contributed by atoms with Gasteiger partial charge in [-0.25, -0.2) is 0 Å². The molecule has 0 aliphatic carbocycles.